The normalized spacial score (nSPS) is 12.6. The van der Waals surface area contributed by atoms with Crippen molar-refractivity contribution in [3.05, 3.63) is 66.7 Å². The Morgan fingerprint density at radius 1 is 1.09 bits per heavy atom. The fourth-order valence-electron chi connectivity index (χ4n) is 2.94. The molecule has 1 unspecified atom stereocenters. The molecule has 0 N–H and O–H groups in total. The van der Waals surface area contributed by atoms with Gasteiger partial charge in [-0.05, 0) is 28.5 Å². The largest absolute Gasteiger partial charge is 0.336 e. The monoisotopic (exact) mass is 324 g/mol. The average Bonchev–Trinajstić information content (AvgIpc) is 3.10. The zero-order valence-electron chi connectivity index (χ0n) is 13.7. The number of fused-ring (bicyclic) bond motifs is 1. The molecule has 3 heteroatoms. The second-order valence-electron chi connectivity index (χ2n) is 5.89. The number of imidazole rings is 1. The quantitative estimate of drug-likeness (QED) is 0.495. The summed E-state index contributed by atoms with van der Waals surface area (Å²) in [4.78, 5) is 4.19. The van der Waals surface area contributed by atoms with Gasteiger partial charge in [0.1, 0.15) is 0 Å². The molecule has 0 spiro atoms. The molecule has 23 heavy (non-hydrogen) atoms. The lowest BCUT2D eigenvalue weighted by Crippen LogP contribution is -2.06. The first-order valence-corrected chi connectivity index (χ1v) is 9.48. The summed E-state index contributed by atoms with van der Waals surface area (Å²) in [6.45, 7) is 3.24. The van der Waals surface area contributed by atoms with E-state index in [-0.39, 0.29) is 0 Å². The molecule has 0 fully saturated rings. The molecule has 0 amide bonds. The van der Waals surface area contributed by atoms with E-state index in [0.29, 0.717) is 5.25 Å². The molecular weight excluding hydrogens is 300 g/mol. The highest BCUT2D eigenvalue weighted by Crippen LogP contribution is 2.35. The van der Waals surface area contributed by atoms with Gasteiger partial charge in [-0.15, -0.1) is 0 Å². The predicted molar refractivity (Wildman–Crippen MR) is 101 cm³/mol. The molecule has 120 valence electrons. The SMILES string of the molecule is CCCCCSC(Cn1ccnc1)c1cccc2ccccc12. The van der Waals surface area contributed by atoms with E-state index < -0.39 is 0 Å². The van der Waals surface area contributed by atoms with E-state index in [4.69, 9.17) is 0 Å². The highest BCUT2D eigenvalue weighted by molar-refractivity contribution is 7.99. The third-order valence-electron chi connectivity index (χ3n) is 4.17. The van der Waals surface area contributed by atoms with Crippen LogP contribution in [0, 0.1) is 0 Å². The Morgan fingerprint density at radius 3 is 2.78 bits per heavy atom. The highest BCUT2D eigenvalue weighted by atomic mass is 32.2. The molecule has 3 rings (SSSR count). The van der Waals surface area contributed by atoms with Crippen molar-refractivity contribution in [3.8, 4) is 0 Å². The van der Waals surface area contributed by atoms with Gasteiger partial charge in [0, 0.05) is 24.2 Å². The van der Waals surface area contributed by atoms with Gasteiger partial charge in [0.2, 0.25) is 0 Å². The van der Waals surface area contributed by atoms with Crippen LogP contribution in [0.4, 0.5) is 0 Å². The first kappa shape index (κ1) is 16.1. The van der Waals surface area contributed by atoms with Crippen molar-refractivity contribution in [2.24, 2.45) is 0 Å². The number of aromatic nitrogens is 2. The molecule has 3 aromatic rings. The van der Waals surface area contributed by atoms with E-state index in [1.807, 2.05) is 12.5 Å². The number of hydrogen-bond donors (Lipinski definition) is 0. The molecule has 1 aromatic heterocycles. The smallest absolute Gasteiger partial charge is 0.0946 e. The van der Waals surface area contributed by atoms with E-state index in [1.54, 1.807) is 0 Å². The van der Waals surface area contributed by atoms with Gasteiger partial charge >= 0.3 is 0 Å². The number of benzene rings is 2. The van der Waals surface area contributed by atoms with Crippen molar-refractivity contribution in [2.75, 3.05) is 5.75 Å². The molecule has 0 saturated heterocycles. The van der Waals surface area contributed by atoms with Crippen LogP contribution in [0.15, 0.2) is 61.2 Å². The Hall–Kier alpha value is -1.74. The van der Waals surface area contributed by atoms with Crippen molar-refractivity contribution in [3.63, 3.8) is 0 Å². The number of hydrogen-bond acceptors (Lipinski definition) is 2. The molecule has 0 aliphatic carbocycles. The number of unbranched alkanes of at least 4 members (excludes halogenated alkanes) is 2. The Kier molecular flexibility index (Phi) is 5.76. The van der Waals surface area contributed by atoms with Crippen molar-refractivity contribution in [1.82, 2.24) is 9.55 Å². The second-order valence-corrected chi connectivity index (χ2v) is 7.21. The van der Waals surface area contributed by atoms with Crippen molar-refractivity contribution in [1.29, 1.82) is 0 Å². The first-order chi connectivity index (χ1) is 11.4. The molecule has 0 aliphatic heterocycles. The van der Waals surface area contributed by atoms with Gasteiger partial charge in [-0.2, -0.15) is 11.8 Å². The average molecular weight is 324 g/mol. The van der Waals surface area contributed by atoms with Gasteiger partial charge in [-0.3, -0.25) is 0 Å². The standard InChI is InChI=1S/C20H24N2S/c1-2-3-6-14-23-20(15-22-13-12-21-16-22)19-11-7-9-17-8-4-5-10-18(17)19/h4-5,7-13,16,20H,2-3,6,14-15H2,1H3. The predicted octanol–water partition coefficient (Wildman–Crippen LogP) is 5.70. The third kappa shape index (κ3) is 4.17. The maximum absolute atomic E-state index is 4.19. The molecule has 0 bridgehead atoms. The Labute approximate surface area is 142 Å². The highest BCUT2D eigenvalue weighted by Gasteiger charge is 2.15. The molecule has 0 aliphatic rings. The first-order valence-electron chi connectivity index (χ1n) is 8.43. The van der Waals surface area contributed by atoms with Gasteiger partial charge in [0.15, 0.2) is 0 Å². The van der Waals surface area contributed by atoms with Crippen molar-refractivity contribution >= 4 is 22.5 Å². The maximum Gasteiger partial charge on any atom is 0.0946 e. The van der Waals surface area contributed by atoms with Gasteiger partial charge in [0.25, 0.3) is 0 Å². The number of nitrogens with zero attached hydrogens (tertiary/aromatic N) is 2. The Balaban J connectivity index is 1.86. The van der Waals surface area contributed by atoms with Crippen molar-refractivity contribution < 1.29 is 0 Å². The van der Waals surface area contributed by atoms with Crippen LogP contribution >= 0.6 is 11.8 Å². The molecule has 0 saturated carbocycles. The number of thioether (sulfide) groups is 1. The summed E-state index contributed by atoms with van der Waals surface area (Å²) in [5, 5.41) is 3.17. The topological polar surface area (TPSA) is 17.8 Å². The van der Waals surface area contributed by atoms with E-state index in [9.17, 15) is 0 Å². The summed E-state index contributed by atoms with van der Waals surface area (Å²) in [6.07, 6.45) is 9.74. The van der Waals surface area contributed by atoms with Crippen LogP contribution in [-0.4, -0.2) is 15.3 Å². The fraction of sp³-hybridized carbons (Fsp3) is 0.350. The van der Waals surface area contributed by atoms with Crippen LogP contribution in [0.5, 0.6) is 0 Å². The molecule has 1 atom stereocenters. The molecule has 2 nitrogen and oxygen atoms in total. The summed E-state index contributed by atoms with van der Waals surface area (Å²) in [6, 6.07) is 15.4. The Bertz CT molecular complexity index is 716. The van der Waals surface area contributed by atoms with E-state index in [0.717, 1.165) is 6.54 Å². The third-order valence-corrected chi connectivity index (χ3v) is 5.50. The lowest BCUT2D eigenvalue weighted by Gasteiger charge is -2.19. The van der Waals surface area contributed by atoms with Crippen LogP contribution in [0.2, 0.25) is 0 Å². The van der Waals surface area contributed by atoms with E-state index in [1.165, 1.54) is 41.4 Å². The van der Waals surface area contributed by atoms with Crippen molar-refractivity contribution in [2.45, 2.75) is 38.0 Å². The van der Waals surface area contributed by atoms with Gasteiger partial charge in [-0.1, -0.05) is 62.2 Å². The lowest BCUT2D eigenvalue weighted by atomic mass is 10.0. The summed E-state index contributed by atoms with van der Waals surface area (Å²) >= 11 is 2.08. The lowest BCUT2D eigenvalue weighted by molar-refractivity contribution is 0.684. The van der Waals surface area contributed by atoms with Gasteiger partial charge < -0.3 is 4.57 Å². The van der Waals surface area contributed by atoms with Gasteiger partial charge in [0.05, 0.1) is 6.33 Å². The summed E-state index contributed by atoms with van der Waals surface area (Å²) in [7, 11) is 0. The van der Waals surface area contributed by atoms with Crippen LogP contribution in [0.1, 0.15) is 37.0 Å². The van der Waals surface area contributed by atoms with E-state index >= 15 is 0 Å². The number of rotatable bonds is 8. The summed E-state index contributed by atoms with van der Waals surface area (Å²) in [5.74, 6) is 1.22. The van der Waals surface area contributed by atoms with Crippen LogP contribution in [0.3, 0.4) is 0 Å². The zero-order chi connectivity index (χ0) is 15.9. The summed E-state index contributed by atoms with van der Waals surface area (Å²) < 4.78 is 2.19. The minimum atomic E-state index is 0.465. The second kappa shape index (κ2) is 8.21. The molecular formula is C20H24N2S. The fourth-order valence-corrected chi connectivity index (χ4v) is 4.25. The Morgan fingerprint density at radius 2 is 1.96 bits per heavy atom. The van der Waals surface area contributed by atoms with E-state index in [2.05, 4.69) is 76.9 Å². The summed E-state index contributed by atoms with van der Waals surface area (Å²) in [5.41, 5.74) is 1.44. The maximum atomic E-state index is 4.19. The minimum absolute atomic E-state index is 0.465. The molecule has 1 heterocycles. The minimum Gasteiger partial charge on any atom is -0.336 e. The molecule has 0 radical (unpaired) electrons. The van der Waals surface area contributed by atoms with Crippen LogP contribution < -0.4 is 0 Å². The zero-order valence-corrected chi connectivity index (χ0v) is 14.5. The van der Waals surface area contributed by atoms with Crippen LogP contribution in [-0.2, 0) is 6.54 Å². The molecule has 2 aromatic carbocycles. The van der Waals surface area contributed by atoms with Gasteiger partial charge in [-0.25, -0.2) is 4.98 Å². The van der Waals surface area contributed by atoms with Crippen LogP contribution in [0.25, 0.3) is 10.8 Å².